The van der Waals surface area contributed by atoms with Crippen molar-refractivity contribution in [3.05, 3.63) is 164 Å². The van der Waals surface area contributed by atoms with Gasteiger partial charge in [0.1, 0.15) is 0 Å². The smallest absolute Gasteiger partial charge is 0.0540 e. The van der Waals surface area contributed by atoms with Crippen molar-refractivity contribution < 1.29 is 0 Å². The van der Waals surface area contributed by atoms with Crippen LogP contribution in [0.4, 0.5) is 17.1 Å². The number of fused-ring (bicyclic) bond motifs is 5. The van der Waals surface area contributed by atoms with Crippen molar-refractivity contribution in [1.82, 2.24) is 0 Å². The summed E-state index contributed by atoms with van der Waals surface area (Å²) in [5, 5.41) is 5.22. The fraction of sp³-hybridized carbons (Fsp3) is 0. The number of benzene rings is 7. The third kappa shape index (κ3) is 4.25. The van der Waals surface area contributed by atoms with Gasteiger partial charge in [-0.15, -0.1) is 11.3 Å². The summed E-state index contributed by atoms with van der Waals surface area (Å²) in [6.45, 7) is 0. The van der Waals surface area contributed by atoms with Crippen LogP contribution < -0.4 is 4.90 Å². The van der Waals surface area contributed by atoms with E-state index in [9.17, 15) is 0 Å². The van der Waals surface area contributed by atoms with E-state index in [0.717, 1.165) is 17.1 Å². The van der Waals surface area contributed by atoms with Crippen LogP contribution in [0.3, 0.4) is 0 Å². The number of nitrogens with zero attached hydrogens (tertiary/aromatic N) is 1. The van der Waals surface area contributed by atoms with Crippen LogP contribution in [0.15, 0.2) is 164 Å². The Kier molecular flexibility index (Phi) is 6.05. The summed E-state index contributed by atoms with van der Waals surface area (Å²) < 4.78 is 2.67. The van der Waals surface area contributed by atoms with Crippen LogP contribution >= 0.6 is 11.3 Å². The fourth-order valence-electron chi connectivity index (χ4n) is 6.07. The second-order valence-corrected chi connectivity index (χ2v) is 11.7. The van der Waals surface area contributed by atoms with E-state index in [1.54, 1.807) is 0 Å². The first kappa shape index (κ1) is 24.6. The van der Waals surface area contributed by atoms with E-state index in [-0.39, 0.29) is 0 Å². The molecular formula is C40H27NS. The van der Waals surface area contributed by atoms with Crippen molar-refractivity contribution in [2.24, 2.45) is 0 Å². The number of rotatable bonds is 5. The molecule has 0 radical (unpaired) electrons. The highest BCUT2D eigenvalue weighted by atomic mass is 32.1. The zero-order valence-corrected chi connectivity index (χ0v) is 23.8. The highest BCUT2D eigenvalue weighted by molar-refractivity contribution is 7.26. The molecule has 0 bridgehead atoms. The Morgan fingerprint density at radius 1 is 0.405 bits per heavy atom. The highest BCUT2D eigenvalue weighted by Crippen LogP contribution is 2.44. The first-order valence-electron chi connectivity index (χ1n) is 14.3. The normalized spacial score (nSPS) is 11.3. The van der Waals surface area contributed by atoms with Crippen LogP contribution in [-0.4, -0.2) is 0 Å². The highest BCUT2D eigenvalue weighted by Gasteiger charge is 2.18. The molecule has 7 aromatic carbocycles. The number of thiophene rings is 1. The molecular weight excluding hydrogens is 527 g/mol. The Labute approximate surface area is 249 Å². The molecule has 42 heavy (non-hydrogen) atoms. The molecule has 8 aromatic rings. The van der Waals surface area contributed by atoms with Gasteiger partial charge in [-0.05, 0) is 69.9 Å². The lowest BCUT2D eigenvalue weighted by atomic mass is 9.99. The molecule has 0 aliphatic carbocycles. The van der Waals surface area contributed by atoms with Gasteiger partial charge in [0.05, 0.1) is 5.69 Å². The van der Waals surface area contributed by atoms with Gasteiger partial charge >= 0.3 is 0 Å². The van der Waals surface area contributed by atoms with Crippen molar-refractivity contribution >= 4 is 59.3 Å². The van der Waals surface area contributed by atoms with E-state index < -0.39 is 0 Å². The number of para-hydroxylation sites is 1. The Morgan fingerprint density at radius 2 is 1.05 bits per heavy atom. The van der Waals surface area contributed by atoms with Crippen molar-refractivity contribution in [1.29, 1.82) is 0 Å². The molecule has 0 N–H and O–H groups in total. The average molecular weight is 554 g/mol. The molecule has 0 atom stereocenters. The molecule has 0 unspecified atom stereocenters. The number of hydrogen-bond donors (Lipinski definition) is 0. The van der Waals surface area contributed by atoms with Gasteiger partial charge in [0, 0.05) is 37.1 Å². The predicted molar refractivity (Wildman–Crippen MR) is 182 cm³/mol. The Bertz CT molecular complexity index is 2180. The van der Waals surface area contributed by atoms with E-state index in [1.165, 1.54) is 53.2 Å². The standard InChI is InChI=1S/C40H27NS/c1-3-11-28(12-4-1)29-19-22-32(23-20-29)41(37-17-9-7-15-34(37)30-13-5-2-6-14-30)33-24-25-35-31(27-33)21-26-39-40(35)36-16-8-10-18-38(36)42-39/h1-27H. The summed E-state index contributed by atoms with van der Waals surface area (Å²) >= 11 is 1.87. The first-order valence-corrected chi connectivity index (χ1v) is 15.1. The monoisotopic (exact) mass is 553 g/mol. The molecule has 0 aliphatic rings. The van der Waals surface area contributed by atoms with Gasteiger partial charge in [-0.2, -0.15) is 0 Å². The zero-order chi connectivity index (χ0) is 27.9. The molecule has 1 nitrogen and oxygen atoms in total. The first-order chi connectivity index (χ1) is 20.8. The summed E-state index contributed by atoms with van der Waals surface area (Å²) in [4.78, 5) is 2.40. The maximum absolute atomic E-state index is 2.40. The minimum atomic E-state index is 1.12. The second kappa shape index (κ2) is 10.3. The van der Waals surface area contributed by atoms with E-state index >= 15 is 0 Å². The summed E-state index contributed by atoms with van der Waals surface area (Å²) in [5.41, 5.74) is 8.24. The average Bonchev–Trinajstić information content (AvgIpc) is 3.45. The number of hydrogen-bond acceptors (Lipinski definition) is 2. The molecule has 8 rings (SSSR count). The lowest BCUT2D eigenvalue weighted by Gasteiger charge is -2.28. The summed E-state index contributed by atoms with van der Waals surface area (Å²) in [7, 11) is 0. The van der Waals surface area contributed by atoms with Crippen molar-refractivity contribution in [3.63, 3.8) is 0 Å². The van der Waals surface area contributed by atoms with Gasteiger partial charge in [0.2, 0.25) is 0 Å². The Morgan fingerprint density at radius 3 is 1.86 bits per heavy atom. The van der Waals surface area contributed by atoms with Crippen LogP contribution in [0.2, 0.25) is 0 Å². The lowest BCUT2D eigenvalue weighted by Crippen LogP contribution is -2.11. The van der Waals surface area contributed by atoms with Crippen LogP contribution in [0.1, 0.15) is 0 Å². The van der Waals surface area contributed by atoms with Crippen LogP contribution in [0, 0.1) is 0 Å². The van der Waals surface area contributed by atoms with Gasteiger partial charge in [-0.25, -0.2) is 0 Å². The van der Waals surface area contributed by atoms with Crippen molar-refractivity contribution in [3.8, 4) is 22.3 Å². The SMILES string of the molecule is c1ccc(-c2ccc(N(c3ccc4c(ccc5sc6ccccc6c54)c3)c3ccccc3-c3ccccc3)cc2)cc1. The van der Waals surface area contributed by atoms with Crippen molar-refractivity contribution in [2.45, 2.75) is 0 Å². The molecule has 2 heteroatoms. The minimum Gasteiger partial charge on any atom is -0.310 e. The van der Waals surface area contributed by atoms with Gasteiger partial charge in [0.15, 0.2) is 0 Å². The minimum absolute atomic E-state index is 1.12. The second-order valence-electron chi connectivity index (χ2n) is 10.6. The van der Waals surface area contributed by atoms with E-state index in [0.29, 0.717) is 0 Å². The molecule has 0 amide bonds. The maximum atomic E-state index is 2.40. The van der Waals surface area contributed by atoms with Gasteiger partial charge in [0.25, 0.3) is 0 Å². The van der Waals surface area contributed by atoms with Crippen LogP contribution in [-0.2, 0) is 0 Å². The topological polar surface area (TPSA) is 3.24 Å². The zero-order valence-electron chi connectivity index (χ0n) is 22.9. The molecule has 0 saturated heterocycles. The Hall–Kier alpha value is -5.18. The Balaban J connectivity index is 1.33. The van der Waals surface area contributed by atoms with E-state index in [2.05, 4.69) is 169 Å². The molecule has 0 fully saturated rings. The molecule has 1 aromatic heterocycles. The lowest BCUT2D eigenvalue weighted by molar-refractivity contribution is 1.29. The quantitative estimate of drug-likeness (QED) is 0.205. The van der Waals surface area contributed by atoms with Crippen LogP contribution in [0.5, 0.6) is 0 Å². The summed E-state index contributed by atoms with van der Waals surface area (Å²) in [6, 6.07) is 59.1. The van der Waals surface area contributed by atoms with E-state index in [4.69, 9.17) is 0 Å². The largest absolute Gasteiger partial charge is 0.310 e. The molecule has 1 heterocycles. The third-order valence-corrected chi connectivity index (χ3v) is 9.20. The maximum Gasteiger partial charge on any atom is 0.0540 e. The predicted octanol–water partition coefficient (Wildman–Crippen LogP) is 12.0. The summed E-state index contributed by atoms with van der Waals surface area (Å²) in [5.74, 6) is 0. The van der Waals surface area contributed by atoms with Gasteiger partial charge < -0.3 is 4.90 Å². The molecule has 198 valence electrons. The summed E-state index contributed by atoms with van der Waals surface area (Å²) in [6.07, 6.45) is 0. The third-order valence-electron chi connectivity index (χ3n) is 8.06. The molecule has 0 saturated carbocycles. The van der Waals surface area contributed by atoms with Gasteiger partial charge in [-0.1, -0.05) is 121 Å². The molecule has 0 aliphatic heterocycles. The van der Waals surface area contributed by atoms with Crippen molar-refractivity contribution in [2.75, 3.05) is 4.90 Å². The fourth-order valence-corrected chi connectivity index (χ4v) is 7.19. The number of anilines is 3. The van der Waals surface area contributed by atoms with E-state index in [1.807, 2.05) is 11.3 Å². The van der Waals surface area contributed by atoms with Crippen LogP contribution in [0.25, 0.3) is 53.2 Å². The van der Waals surface area contributed by atoms with Gasteiger partial charge in [-0.3, -0.25) is 0 Å². The molecule has 0 spiro atoms.